The summed E-state index contributed by atoms with van der Waals surface area (Å²) in [4.78, 5) is 3.99. The molecule has 2 heterocycles. The van der Waals surface area contributed by atoms with E-state index >= 15 is 0 Å². The van der Waals surface area contributed by atoms with Crippen molar-refractivity contribution in [3.8, 4) is 11.8 Å². The van der Waals surface area contributed by atoms with Crippen LogP contribution in [0.5, 0.6) is 5.88 Å². The van der Waals surface area contributed by atoms with E-state index in [0.717, 1.165) is 0 Å². The molecule has 0 atom stereocenters. The second kappa shape index (κ2) is 3.18. The molecule has 2 aromatic rings. The Morgan fingerprint density at radius 1 is 1.38 bits per heavy atom. The summed E-state index contributed by atoms with van der Waals surface area (Å²) in [6.07, 6.45) is 4.88. The molecule has 0 saturated heterocycles. The highest BCUT2D eigenvalue weighted by Crippen LogP contribution is 2.01. The normalized spacial score (nSPS) is 9.92. The molecule has 0 aliphatic heterocycles. The predicted octanol–water partition coefficient (Wildman–Crippen LogP) is 0.0659. The summed E-state index contributed by atoms with van der Waals surface area (Å²) in [5.74, 6) is 0.807. The zero-order valence-electron chi connectivity index (χ0n) is 6.95. The zero-order chi connectivity index (χ0) is 9.10. The van der Waals surface area contributed by atoms with E-state index in [0.29, 0.717) is 11.8 Å². The van der Waals surface area contributed by atoms with Crippen LogP contribution in [0.25, 0.3) is 5.95 Å². The monoisotopic (exact) mass is 177 g/mol. The molecule has 0 fully saturated rings. The summed E-state index contributed by atoms with van der Waals surface area (Å²) in [5.41, 5.74) is 0. The third-order valence-electron chi connectivity index (χ3n) is 1.45. The van der Waals surface area contributed by atoms with E-state index in [1.54, 1.807) is 18.5 Å². The third-order valence-corrected chi connectivity index (χ3v) is 1.45. The smallest absolute Gasteiger partial charge is 0.270 e. The van der Waals surface area contributed by atoms with Crippen LogP contribution in [0.15, 0.2) is 24.7 Å². The van der Waals surface area contributed by atoms with Crippen molar-refractivity contribution < 1.29 is 4.74 Å². The van der Waals surface area contributed by atoms with Gasteiger partial charge in [-0.2, -0.15) is 5.10 Å². The SMILES string of the molecule is COc1cnc(-n2cccn2)nn1. The Bertz CT molecular complexity index is 368. The van der Waals surface area contributed by atoms with E-state index in [1.807, 2.05) is 0 Å². The molecule has 2 rings (SSSR count). The van der Waals surface area contributed by atoms with Gasteiger partial charge in [-0.05, 0) is 6.07 Å². The van der Waals surface area contributed by atoms with E-state index < -0.39 is 0 Å². The standard InChI is InChI=1S/C7H7N5O/c1-13-6-5-8-7(11-10-6)12-4-2-3-9-12/h2-5H,1H3. The second-order valence-corrected chi connectivity index (χ2v) is 2.25. The van der Waals surface area contributed by atoms with Crippen molar-refractivity contribution in [1.29, 1.82) is 0 Å². The van der Waals surface area contributed by atoms with Gasteiger partial charge in [-0.1, -0.05) is 0 Å². The summed E-state index contributed by atoms with van der Waals surface area (Å²) in [6.45, 7) is 0. The third kappa shape index (κ3) is 1.46. The lowest BCUT2D eigenvalue weighted by Crippen LogP contribution is -2.03. The summed E-state index contributed by atoms with van der Waals surface area (Å²) < 4.78 is 6.34. The fourth-order valence-electron chi connectivity index (χ4n) is 0.844. The van der Waals surface area contributed by atoms with Crippen LogP contribution in [0, 0.1) is 0 Å². The average Bonchev–Trinajstić information content (AvgIpc) is 2.71. The summed E-state index contributed by atoms with van der Waals surface area (Å²) in [7, 11) is 1.51. The molecule has 2 aromatic heterocycles. The maximum atomic E-state index is 4.82. The fourth-order valence-corrected chi connectivity index (χ4v) is 0.844. The molecular weight excluding hydrogens is 170 g/mol. The fraction of sp³-hybridized carbons (Fsp3) is 0.143. The van der Waals surface area contributed by atoms with Gasteiger partial charge < -0.3 is 4.74 Å². The molecule has 6 nitrogen and oxygen atoms in total. The lowest BCUT2D eigenvalue weighted by atomic mass is 10.7. The maximum Gasteiger partial charge on any atom is 0.270 e. The van der Waals surface area contributed by atoms with Crippen molar-refractivity contribution in [2.45, 2.75) is 0 Å². The quantitative estimate of drug-likeness (QED) is 0.649. The van der Waals surface area contributed by atoms with Crippen molar-refractivity contribution in [1.82, 2.24) is 25.0 Å². The van der Waals surface area contributed by atoms with Crippen LogP contribution in [-0.2, 0) is 0 Å². The van der Waals surface area contributed by atoms with Crippen LogP contribution in [-0.4, -0.2) is 32.1 Å². The van der Waals surface area contributed by atoms with Crippen molar-refractivity contribution in [2.75, 3.05) is 7.11 Å². The van der Waals surface area contributed by atoms with Gasteiger partial charge in [0.25, 0.3) is 11.8 Å². The lowest BCUT2D eigenvalue weighted by Gasteiger charge is -1.98. The van der Waals surface area contributed by atoms with E-state index in [1.165, 1.54) is 18.0 Å². The van der Waals surface area contributed by atoms with Crippen LogP contribution in [0.4, 0.5) is 0 Å². The number of aromatic nitrogens is 5. The van der Waals surface area contributed by atoms with Gasteiger partial charge in [-0.3, -0.25) is 0 Å². The molecule has 6 heteroatoms. The van der Waals surface area contributed by atoms with Crippen LogP contribution >= 0.6 is 0 Å². The number of hydrogen-bond acceptors (Lipinski definition) is 5. The average molecular weight is 177 g/mol. The Morgan fingerprint density at radius 2 is 2.31 bits per heavy atom. The van der Waals surface area contributed by atoms with E-state index in [4.69, 9.17) is 4.74 Å². The highest BCUT2D eigenvalue weighted by atomic mass is 16.5. The van der Waals surface area contributed by atoms with E-state index in [-0.39, 0.29) is 0 Å². The van der Waals surface area contributed by atoms with Gasteiger partial charge in [0.2, 0.25) is 0 Å². The molecule has 0 aromatic carbocycles. The zero-order valence-corrected chi connectivity index (χ0v) is 6.95. The predicted molar refractivity (Wildman–Crippen MR) is 43.5 cm³/mol. The molecule has 0 aliphatic carbocycles. The molecule has 0 amide bonds. The van der Waals surface area contributed by atoms with Crippen molar-refractivity contribution in [3.05, 3.63) is 24.7 Å². The topological polar surface area (TPSA) is 65.7 Å². The van der Waals surface area contributed by atoms with Crippen LogP contribution < -0.4 is 4.74 Å². The Morgan fingerprint density at radius 3 is 2.85 bits per heavy atom. The number of hydrogen-bond donors (Lipinski definition) is 0. The molecule has 0 saturated carbocycles. The molecule has 13 heavy (non-hydrogen) atoms. The molecule has 0 unspecified atom stereocenters. The summed E-state index contributed by atoms with van der Waals surface area (Å²) in [6, 6.07) is 1.79. The number of methoxy groups -OCH3 is 1. The minimum Gasteiger partial charge on any atom is -0.479 e. The van der Waals surface area contributed by atoms with Gasteiger partial charge >= 0.3 is 0 Å². The molecular formula is C7H7N5O. The lowest BCUT2D eigenvalue weighted by molar-refractivity contribution is 0.388. The van der Waals surface area contributed by atoms with Crippen LogP contribution in [0.2, 0.25) is 0 Å². The highest BCUT2D eigenvalue weighted by Gasteiger charge is 2.00. The Balaban J connectivity index is 2.33. The molecule has 0 aliphatic rings. The van der Waals surface area contributed by atoms with Gasteiger partial charge in [-0.25, -0.2) is 9.67 Å². The molecule has 0 radical (unpaired) electrons. The van der Waals surface area contributed by atoms with Gasteiger partial charge in [0.05, 0.1) is 13.3 Å². The number of rotatable bonds is 2. The first-order valence-electron chi connectivity index (χ1n) is 3.64. The maximum absolute atomic E-state index is 4.82. The Hall–Kier alpha value is -1.98. The molecule has 0 N–H and O–H groups in total. The van der Waals surface area contributed by atoms with Gasteiger partial charge in [0.15, 0.2) is 0 Å². The largest absolute Gasteiger partial charge is 0.479 e. The molecule has 0 bridgehead atoms. The minimum atomic E-state index is 0.385. The molecule has 66 valence electrons. The Labute approximate surface area is 74.2 Å². The number of nitrogens with zero attached hydrogens (tertiary/aromatic N) is 5. The molecule has 0 spiro atoms. The second-order valence-electron chi connectivity index (χ2n) is 2.25. The number of ether oxygens (including phenoxy) is 1. The minimum absolute atomic E-state index is 0.385. The summed E-state index contributed by atoms with van der Waals surface area (Å²) in [5, 5.41) is 11.5. The van der Waals surface area contributed by atoms with E-state index in [2.05, 4.69) is 20.3 Å². The van der Waals surface area contributed by atoms with Crippen LogP contribution in [0.3, 0.4) is 0 Å². The van der Waals surface area contributed by atoms with Crippen molar-refractivity contribution in [3.63, 3.8) is 0 Å². The van der Waals surface area contributed by atoms with Crippen LogP contribution in [0.1, 0.15) is 0 Å². The summed E-state index contributed by atoms with van der Waals surface area (Å²) >= 11 is 0. The van der Waals surface area contributed by atoms with Crippen molar-refractivity contribution in [2.24, 2.45) is 0 Å². The first-order valence-corrected chi connectivity index (χ1v) is 3.64. The van der Waals surface area contributed by atoms with Gasteiger partial charge in [0, 0.05) is 12.4 Å². The van der Waals surface area contributed by atoms with Gasteiger partial charge in [0.1, 0.15) is 0 Å². The van der Waals surface area contributed by atoms with Gasteiger partial charge in [-0.15, -0.1) is 10.2 Å². The Kier molecular flexibility index (Phi) is 1.87. The highest BCUT2D eigenvalue weighted by molar-refractivity contribution is 5.09. The van der Waals surface area contributed by atoms with Crippen molar-refractivity contribution >= 4 is 0 Å². The first-order chi connectivity index (χ1) is 6.40. The van der Waals surface area contributed by atoms with E-state index in [9.17, 15) is 0 Å². The first kappa shape index (κ1) is 7.66.